The van der Waals surface area contributed by atoms with Crippen LogP contribution < -0.4 is 4.74 Å². The van der Waals surface area contributed by atoms with Gasteiger partial charge in [0.15, 0.2) is 5.78 Å². The number of ketones is 2. The number of hydrogen-bond acceptors (Lipinski definition) is 4. The number of benzene rings is 1. The van der Waals surface area contributed by atoms with Crippen molar-refractivity contribution in [1.82, 2.24) is 0 Å². The van der Waals surface area contributed by atoms with Crippen molar-refractivity contribution < 1.29 is 19.4 Å². The summed E-state index contributed by atoms with van der Waals surface area (Å²) in [5.41, 5.74) is 3.77. The minimum atomic E-state index is 0.0677. The van der Waals surface area contributed by atoms with Crippen LogP contribution in [0.25, 0.3) is 0 Å². The summed E-state index contributed by atoms with van der Waals surface area (Å²) in [5.74, 6) is 1.22. The lowest BCUT2D eigenvalue weighted by molar-refractivity contribution is -0.117. The SMILES string of the molecule is COc1c(C)cc(O)cc1C/C=C(\C)CC(=O)/C=C(\C)CCCC(C)=O. The standard InChI is InChI=1S/C22H30O4/c1-15(7-6-8-18(4)23)11-20(24)12-16(2)9-10-19-14-21(25)13-17(3)22(19)26-5/h9,11,13-14,25H,6-8,10,12H2,1-5H3/b15-11+,16-9+. The second-order valence-electron chi connectivity index (χ2n) is 6.90. The zero-order valence-corrected chi connectivity index (χ0v) is 16.5. The molecule has 0 fully saturated rings. The first-order valence-corrected chi connectivity index (χ1v) is 8.94. The summed E-state index contributed by atoms with van der Waals surface area (Å²) >= 11 is 0. The van der Waals surface area contributed by atoms with E-state index in [-0.39, 0.29) is 17.3 Å². The average molecular weight is 358 g/mol. The fourth-order valence-electron chi connectivity index (χ4n) is 2.92. The van der Waals surface area contributed by atoms with Crippen LogP contribution in [0.4, 0.5) is 0 Å². The Labute approximate surface area is 156 Å². The molecule has 142 valence electrons. The number of rotatable bonds is 10. The molecule has 4 heteroatoms. The molecule has 0 unspecified atom stereocenters. The molecule has 0 saturated heterocycles. The monoisotopic (exact) mass is 358 g/mol. The zero-order chi connectivity index (χ0) is 19.7. The molecular weight excluding hydrogens is 328 g/mol. The van der Waals surface area contributed by atoms with E-state index < -0.39 is 0 Å². The molecule has 26 heavy (non-hydrogen) atoms. The summed E-state index contributed by atoms with van der Waals surface area (Å²) in [7, 11) is 1.61. The molecule has 0 aliphatic rings. The summed E-state index contributed by atoms with van der Waals surface area (Å²) < 4.78 is 5.41. The van der Waals surface area contributed by atoms with E-state index in [0.717, 1.165) is 40.9 Å². The zero-order valence-electron chi connectivity index (χ0n) is 16.5. The third-order valence-corrected chi connectivity index (χ3v) is 4.17. The molecule has 0 amide bonds. The third kappa shape index (κ3) is 7.68. The van der Waals surface area contributed by atoms with Gasteiger partial charge in [-0.25, -0.2) is 0 Å². The number of ether oxygens (including phenoxy) is 1. The smallest absolute Gasteiger partial charge is 0.159 e. The van der Waals surface area contributed by atoms with Gasteiger partial charge in [0.1, 0.15) is 17.3 Å². The van der Waals surface area contributed by atoms with Crippen LogP contribution in [0.1, 0.15) is 57.6 Å². The van der Waals surface area contributed by atoms with Crippen molar-refractivity contribution in [3.63, 3.8) is 0 Å². The number of aromatic hydroxyl groups is 1. The minimum Gasteiger partial charge on any atom is -0.508 e. The largest absolute Gasteiger partial charge is 0.508 e. The van der Waals surface area contributed by atoms with Gasteiger partial charge in [-0.05, 0) is 70.7 Å². The highest BCUT2D eigenvalue weighted by Crippen LogP contribution is 2.29. The Kier molecular flexibility index (Phi) is 8.83. The van der Waals surface area contributed by atoms with E-state index in [0.29, 0.717) is 19.3 Å². The fraction of sp³-hybridized carbons (Fsp3) is 0.455. The molecule has 0 bridgehead atoms. The van der Waals surface area contributed by atoms with Crippen LogP contribution in [-0.4, -0.2) is 23.8 Å². The average Bonchev–Trinajstić information content (AvgIpc) is 2.51. The quantitative estimate of drug-likeness (QED) is 0.479. The van der Waals surface area contributed by atoms with Crippen LogP contribution in [-0.2, 0) is 16.0 Å². The van der Waals surface area contributed by atoms with Crippen molar-refractivity contribution in [2.45, 2.75) is 59.8 Å². The molecule has 0 heterocycles. The van der Waals surface area contributed by atoms with E-state index >= 15 is 0 Å². The second kappa shape index (κ2) is 10.6. The minimum absolute atomic E-state index is 0.0677. The van der Waals surface area contributed by atoms with Crippen LogP contribution >= 0.6 is 0 Å². The van der Waals surface area contributed by atoms with E-state index in [1.165, 1.54) is 0 Å². The third-order valence-electron chi connectivity index (χ3n) is 4.17. The van der Waals surface area contributed by atoms with Crippen molar-refractivity contribution in [2.24, 2.45) is 0 Å². The van der Waals surface area contributed by atoms with Crippen molar-refractivity contribution >= 4 is 11.6 Å². The molecule has 0 radical (unpaired) electrons. The molecule has 0 aromatic heterocycles. The molecule has 4 nitrogen and oxygen atoms in total. The van der Waals surface area contributed by atoms with Gasteiger partial charge in [0, 0.05) is 18.4 Å². The van der Waals surface area contributed by atoms with Crippen molar-refractivity contribution in [1.29, 1.82) is 0 Å². The van der Waals surface area contributed by atoms with Crippen LogP contribution in [0.15, 0.2) is 35.4 Å². The Hall–Kier alpha value is -2.36. The van der Waals surface area contributed by atoms with Gasteiger partial charge >= 0.3 is 0 Å². The van der Waals surface area contributed by atoms with Gasteiger partial charge in [-0.15, -0.1) is 0 Å². The molecule has 0 spiro atoms. The van der Waals surface area contributed by atoms with E-state index in [4.69, 9.17) is 4.74 Å². The van der Waals surface area contributed by atoms with Gasteiger partial charge in [0.2, 0.25) is 0 Å². The van der Waals surface area contributed by atoms with Crippen molar-refractivity contribution in [2.75, 3.05) is 7.11 Å². The highest BCUT2D eigenvalue weighted by atomic mass is 16.5. The number of hydrogen-bond donors (Lipinski definition) is 1. The van der Waals surface area contributed by atoms with Gasteiger partial charge in [0.05, 0.1) is 7.11 Å². The topological polar surface area (TPSA) is 63.6 Å². The Morgan fingerprint density at radius 3 is 2.42 bits per heavy atom. The van der Waals surface area contributed by atoms with Crippen LogP contribution in [0.2, 0.25) is 0 Å². The van der Waals surface area contributed by atoms with Crippen LogP contribution in [0.5, 0.6) is 11.5 Å². The Morgan fingerprint density at radius 1 is 1.12 bits per heavy atom. The van der Waals surface area contributed by atoms with Gasteiger partial charge in [-0.2, -0.15) is 0 Å². The highest BCUT2D eigenvalue weighted by Gasteiger charge is 2.08. The number of phenols is 1. The summed E-state index contributed by atoms with van der Waals surface area (Å²) in [4.78, 5) is 23.1. The maximum atomic E-state index is 12.2. The summed E-state index contributed by atoms with van der Waals surface area (Å²) in [5, 5.41) is 9.77. The molecule has 1 aromatic carbocycles. The first-order chi connectivity index (χ1) is 12.2. The first kappa shape index (κ1) is 21.7. The van der Waals surface area contributed by atoms with E-state index in [1.54, 1.807) is 32.2 Å². The predicted molar refractivity (Wildman–Crippen MR) is 105 cm³/mol. The predicted octanol–water partition coefficient (Wildman–Crippen LogP) is 4.86. The lowest BCUT2D eigenvalue weighted by atomic mass is 10.0. The Bertz CT molecular complexity index is 711. The van der Waals surface area contributed by atoms with Gasteiger partial charge in [-0.1, -0.05) is 17.2 Å². The van der Waals surface area contributed by atoms with Gasteiger partial charge in [0.25, 0.3) is 0 Å². The van der Waals surface area contributed by atoms with Crippen LogP contribution in [0.3, 0.4) is 0 Å². The fourth-order valence-corrected chi connectivity index (χ4v) is 2.92. The number of aryl methyl sites for hydroxylation is 1. The molecule has 0 aliphatic carbocycles. The number of carbonyl (C=O) groups is 2. The van der Waals surface area contributed by atoms with Gasteiger partial charge < -0.3 is 14.6 Å². The van der Waals surface area contributed by atoms with E-state index in [9.17, 15) is 14.7 Å². The Balaban J connectivity index is 2.66. The molecular formula is C22H30O4. The lowest BCUT2D eigenvalue weighted by Gasteiger charge is -2.11. The summed E-state index contributed by atoms with van der Waals surface area (Å²) in [6.07, 6.45) is 6.75. The first-order valence-electron chi connectivity index (χ1n) is 8.94. The number of allylic oxidation sites excluding steroid dienone is 4. The summed E-state index contributed by atoms with van der Waals surface area (Å²) in [6.45, 7) is 7.33. The van der Waals surface area contributed by atoms with Gasteiger partial charge in [-0.3, -0.25) is 4.79 Å². The maximum Gasteiger partial charge on any atom is 0.159 e. The van der Waals surface area contributed by atoms with E-state index in [2.05, 4.69) is 0 Å². The van der Waals surface area contributed by atoms with E-state index in [1.807, 2.05) is 26.8 Å². The normalized spacial score (nSPS) is 12.2. The molecule has 1 N–H and O–H groups in total. The Morgan fingerprint density at radius 2 is 1.81 bits per heavy atom. The lowest BCUT2D eigenvalue weighted by Crippen LogP contribution is -1.98. The maximum absolute atomic E-state index is 12.2. The molecule has 0 aliphatic heterocycles. The number of carbonyl (C=O) groups excluding carboxylic acids is 2. The highest BCUT2D eigenvalue weighted by molar-refractivity contribution is 5.91. The van der Waals surface area contributed by atoms with Crippen LogP contribution in [0, 0.1) is 6.92 Å². The molecule has 1 aromatic rings. The number of Topliss-reactive ketones (excluding diaryl/α,β-unsaturated/α-hetero) is 1. The van der Waals surface area contributed by atoms with Crippen molar-refractivity contribution in [3.8, 4) is 11.5 Å². The molecule has 0 atom stereocenters. The van der Waals surface area contributed by atoms with Crippen molar-refractivity contribution in [3.05, 3.63) is 46.6 Å². The number of phenolic OH excluding ortho intramolecular Hbond substituents is 1. The molecule has 0 saturated carbocycles. The summed E-state index contributed by atoms with van der Waals surface area (Å²) in [6, 6.07) is 3.36. The second-order valence-corrected chi connectivity index (χ2v) is 6.90. The number of methoxy groups -OCH3 is 1. The molecule has 1 rings (SSSR count).